The second kappa shape index (κ2) is 9.37. The van der Waals surface area contributed by atoms with Gasteiger partial charge in [-0.15, -0.1) is 0 Å². The number of anilines is 1. The number of unbranched alkanes of at least 4 members (excludes halogenated alkanes) is 1. The second-order valence-electron chi connectivity index (χ2n) is 7.42. The molecule has 154 valence electrons. The fourth-order valence-electron chi connectivity index (χ4n) is 3.25. The van der Waals surface area contributed by atoms with Crippen LogP contribution in [0.3, 0.4) is 0 Å². The van der Waals surface area contributed by atoms with Gasteiger partial charge < -0.3 is 10.1 Å². The first-order valence-corrected chi connectivity index (χ1v) is 10.2. The molecule has 1 amide bonds. The Labute approximate surface area is 176 Å². The Morgan fingerprint density at radius 1 is 1.24 bits per heavy atom. The predicted molar refractivity (Wildman–Crippen MR) is 117 cm³/mol. The number of nitrogens with zero attached hydrogens (tertiary/aromatic N) is 3. The normalized spacial score (nSPS) is 11.4. The molecule has 0 fully saturated rings. The lowest BCUT2D eigenvalue weighted by Gasteiger charge is -2.10. The molecule has 2 heterocycles. The lowest BCUT2D eigenvalue weighted by Crippen LogP contribution is -2.13. The number of halogens is 1. The third kappa shape index (κ3) is 4.77. The van der Waals surface area contributed by atoms with E-state index in [4.69, 9.17) is 16.3 Å². The highest BCUT2D eigenvalue weighted by Crippen LogP contribution is 2.29. The van der Waals surface area contributed by atoms with E-state index in [0.29, 0.717) is 22.2 Å². The van der Waals surface area contributed by atoms with Gasteiger partial charge in [0.25, 0.3) is 5.91 Å². The van der Waals surface area contributed by atoms with E-state index >= 15 is 0 Å². The number of aryl methyl sites for hydroxylation is 2. The summed E-state index contributed by atoms with van der Waals surface area (Å²) in [5.41, 5.74) is 3.75. The molecule has 1 aromatic carbocycles. The number of hydrogen-bond donors (Lipinski definition) is 1. The van der Waals surface area contributed by atoms with Crippen LogP contribution in [0.1, 0.15) is 54.2 Å². The van der Waals surface area contributed by atoms with Crippen LogP contribution in [0.5, 0.6) is 0 Å². The molecule has 0 aliphatic heterocycles. The number of carbonyl (C=O) groups excluding carboxylic acids is 1. The van der Waals surface area contributed by atoms with Crippen molar-refractivity contribution in [2.75, 3.05) is 19.0 Å². The Kier molecular flexibility index (Phi) is 6.87. The molecule has 0 atom stereocenters. The third-order valence-electron chi connectivity index (χ3n) is 4.92. The average molecular weight is 415 g/mol. The number of nitrogens with one attached hydrogen (secondary N) is 1. The molecule has 6 nitrogen and oxygen atoms in total. The summed E-state index contributed by atoms with van der Waals surface area (Å²) in [6, 6.07) is 7.83. The largest absolute Gasteiger partial charge is 0.385 e. The Hall–Kier alpha value is -2.44. The van der Waals surface area contributed by atoms with Crippen molar-refractivity contribution < 1.29 is 9.53 Å². The SMILES string of the molecule is COCCCCn1nc(C)c2c(Cl)c(C(=O)Nc3ccc(C(C)C)cc3)cnc21. The summed E-state index contributed by atoms with van der Waals surface area (Å²) in [4.78, 5) is 17.3. The highest BCUT2D eigenvalue weighted by atomic mass is 35.5. The van der Waals surface area contributed by atoms with Gasteiger partial charge in [-0.2, -0.15) is 5.10 Å². The number of methoxy groups -OCH3 is 1. The molecule has 0 saturated heterocycles. The Morgan fingerprint density at radius 3 is 2.62 bits per heavy atom. The standard InChI is InChI=1S/C22H27ClN4O2/c1-14(2)16-7-9-17(10-8-16)25-22(28)18-13-24-21-19(20(18)23)15(3)26-27(21)11-5-6-12-29-4/h7-10,13-14H,5-6,11-12H2,1-4H3,(H,25,28). The molecule has 0 saturated carbocycles. The second-order valence-corrected chi connectivity index (χ2v) is 7.80. The van der Waals surface area contributed by atoms with E-state index < -0.39 is 0 Å². The molecule has 0 spiro atoms. The predicted octanol–water partition coefficient (Wildman–Crippen LogP) is 5.20. The lowest BCUT2D eigenvalue weighted by atomic mass is 10.0. The van der Waals surface area contributed by atoms with Crippen LogP contribution in [0.15, 0.2) is 30.5 Å². The molecule has 0 unspecified atom stereocenters. The summed E-state index contributed by atoms with van der Waals surface area (Å²) in [7, 11) is 1.69. The van der Waals surface area contributed by atoms with Gasteiger partial charge in [0, 0.05) is 32.1 Å². The van der Waals surface area contributed by atoms with Crippen molar-refractivity contribution in [1.29, 1.82) is 0 Å². The summed E-state index contributed by atoms with van der Waals surface area (Å²) < 4.78 is 6.94. The highest BCUT2D eigenvalue weighted by Gasteiger charge is 2.19. The van der Waals surface area contributed by atoms with Gasteiger partial charge in [-0.1, -0.05) is 37.6 Å². The van der Waals surface area contributed by atoms with E-state index in [2.05, 4.69) is 29.2 Å². The van der Waals surface area contributed by atoms with E-state index in [1.165, 1.54) is 11.8 Å². The van der Waals surface area contributed by atoms with Crippen molar-refractivity contribution in [3.05, 3.63) is 52.3 Å². The van der Waals surface area contributed by atoms with E-state index in [9.17, 15) is 4.79 Å². The topological polar surface area (TPSA) is 69.0 Å². The molecule has 0 radical (unpaired) electrons. The number of amides is 1. The first-order valence-electron chi connectivity index (χ1n) is 9.84. The Balaban J connectivity index is 1.81. The summed E-state index contributed by atoms with van der Waals surface area (Å²) >= 11 is 6.60. The number of aromatic nitrogens is 3. The molecule has 1 N–H and O–H groups in total. The maximum Gasteiger partial charge on any atom is 0.258 e. The van der Waals surface area contributed by atoms with Crippen molar-refractivity contribution in [3.63, 3.8) is 0 Å². The first-order chi connectivity index (χ1) is 13.9. The van der Waals surface area contributed by atoms with Gasteiger partial charge in [-0.05, 0) is 43.4 Å². The number of carbonyl (C=O) groups is 1. The molecule has 7 heteroatoms. The van der Waals surface area contributed by atoms with Crippen LogP contribution in [-0.2, 0) is 11.3 Å². The summed E-state index contributed by atoms with van der Waals surface area (Å²) in [5, 5.41) is 8.56. The summed E-state index contributed by atoms with van der Waals surface area (Å²) in [6.45, 7) is 7.59. The number of ether oxygens (including phenoxy) is 1. The van der Waals surface area contributed by atoms with Crippen LogP contribution >= 0.6 is 11.6 Å². The molecule has 29 heavy (non-hydrogen) atoms. The van der Waals surface area contributed by atoms with Crippen LogP contribution in [0, 0.1) is 6.92 Å². The van der Waals surface area contributed by atoms with E-state index in [1.807, 2.05) is 35.9 Å². The van der Waals surface area contributed by atoms with Crippen molar-refractivity contribution >= 4 is 34.2 Å². The van der Waals surface area contributed by atoms with Gasteiger partial charge in [0.1, 0.15) is 0 Å². The highest BCUT2D eigenvalue weighted by molar-refractivity contribution is 6.39. The molecule has 0 aliphatic carbocycles. The monoisotopic (exact) mass is 414 g/mol. The van der Waals surface area contributed by atoms with Crippen LogP contribution in [0.4, 0.5) is 5.69 Å². The molecular formula is C22H27ClN4O2. The number of benzene rings is 1. The zero-order chi connectivity index (χ0) is 21.0. The smallest absolute Gasteiger partial charge is 0.258 e. The number of hydrogen-bond acceptors (Lipinski definition) is 4. The van der Waals surface area contributed by atoms with Crippen molar-refractivity contribution in [2.45, 2.75) is 46.1 Å². The minimum atomic E-state index is -0.283. The zero-order valence-electron chi connectivity index (χ0n) is 17.3. The van der Waals surface area contributed by atoms with E-state index in [1.54, 1.807) is 7.11 Å². The van der Waals surface area contributed by atoms with Crippen LogP contribution in [-0.4, -0.2) is 34.4 Å². The summed E-state index contributed by atoms with van der Waals surface area (Å²) in [5.74, 6) is 0.156. The fraction of sp³-hybridized carbons (Fsp3) is 0.409. The zero-order valence-corrected chi connectivity index (χ0v) is 18.1. The van der Waals surface area contributed by atoms with Gasteiger partial charge in [0.15, 0.2) is 5.65 Å². The van der Waals surface area contributed by atoms with Crippen LogP contribution < -0.4 is 5.32 Å². The van der Waals surface area contributed by atoms with Gasteiger partial charge in [0.05, 0.1) is 21.7 Å². The molecule has 0 aliphatic rings. The first kappa shape index (κ1) is 21.3. The summed E-state index contributed by atoms with van der Waals surface area (Å²) in [6.07, 6.45) is 3.40. The van der Waals surface area contributed by atoms with Gasteiger partial charge in [-0.25, -0.2) is 9.67 Å². The molecule has 0 bridgehead atoms. The van der Waals surface area contributed by atoms with Crippen LogP contribution in [0.25, 0.3) is 11.0 Å². The number of rotatable bonds is 8. The van der Waals surface area contributed by atoms with E-state index in [-0.39, 0.29) is 5.91 Å². The van der Waals surface area contributed by atoms with Gasteiger partial charge in [0.2, 0.25) is 0 Å². The Morgan fingerprint density at radius 2 is 1.97 bits per heavy atom. The number of pyridine rings is 1. The van der Waals surface area contributed by atoms with Crippen LogP contribution in [0.2, 0.25) is 5.02 Å². The number of fused-ring (bicyclic) bond motifs is 1. The maximum absolute atomic E-state index is 12.8. The van der Waals surface area contributed by atoms with Crippen molar-refractivity contribution in [2.24, 2.45) is 0 Å². The molecule has 3 rings (SSSR count). The maximum atomic E-state index is 12.8. The fourth-order valence-corrected chi connectivity index (χ4v) is 3.60. The van der Waals surface area contributed by atoms with Crippen molar-refractivity contribution in [3.8, 4) is 0 Å². The molecule has 2 aromatic heterocycles. The minimum absolute atomic E-state index is 0.283. The lowest BCUT2D eigenvalue weighted by molar-refractivity contribution is 0.102. The van der Waals surface area contributed by atoms with Crippen molar-refractivity contribution in [1.82, 2.24) is 14.8 Å². The van der Waals surface area contributed by atoms with E-state index in [0.717, 1.165) is 42.8 Å². The Bertz CT molecular complexity index is 996. The molecular weight excluding hydrogens is 388 g/mol. The third-order valence-corrected chi connectivity index (χ3v) is 5.31. The van der Waals surface area contributed by atoms with Gasteiger partial charge in [-0.3, -0.25) is 4.79 Å². The minimum Gasteiger partial charge on any atom is -0.385 e. The molecule has 3 aromatic rings. The quantitative estimate of drug-likeness (QED) is 0.514. The van der Waals surface area contributed by atoms with Gasteiger partial charge >= 0.3 is 0 Å². The average Bonchev–Trinajstić information content (AvgIpc) is 3.02.